The standard InChI is InChI=1S/C12H10ClNO3S/c13-18(15,16)12-6-3-5-11(8-12)17-9-10-4-1-2-7-14-10/h1-8H,9H2. The number of hydrogen-bond donors (Lipinski definition) is 0. The quantitative estimate of drug-likeness (QED) is 0.809. The van der Waals surface area contributed by atoms with E-state index in [1.54, 1.807) is 18.3 Å². The normalized spacial score (nSPS) is 11.2. The van der Waals surface area contributed by atoms with E-state index in [1.165, 1.54) is 12.1 Å². The van der Waals surface area contributed by atoms with Crippen molar-refractivity contribution in [2.45, 2.75) is 11.5 Å². The van der Waals surface area contributed by atoms with Crippen LogP contribution in [0.1, 0.15) is 5.69 Å². The van der Waals surface area contributed by atoms with E-state index < -0.39 is 9.05 Å². The smallest absolute Gasteiger partial charge is 0.261 e. The zero-order valence-corrected chi connectivity index (χ0v) is 10.9. The maximum atomic E-state index is 11.2. The van der Waals surface area contributed by atoms with Gasteiger partial charge in [0.25, 0.3) is 9.05 Å². The molecular formula is C12H10ClNO3S. The van der Waals surface area contributed by atoms with E-state index in [2.05, 4.69) is 4.98 Å². The molecule has 0 N–H and O–H groups in total. The largest absolute Gasteiger partial charge is 0.487 e. The second kappa shape index (κ2) is 5.37. The molecule has 0 fully saturated rings. The van der Waals surface area contributed by atoms with Crippen LogP contribution in [-0.4, -0.2) is 13.4 Å². The molecule has 2 rings (SSSR count). The molecule has 0 aliphatic heterocycles. The fourth-order valence-electron chi connectivity index (χ4n) is 1.36. The van der Waals surface area contributed by atoms with Gasteiger partial charge in [0.1, 0.15) is 12.4 Å². The molecule has 1 heterocycles. The van der Waals surface area contributed by atoms with Gasteiger partial charge in [0.05, 0.1) is 10.6 Å². The van der Waals surface area contributed by atoms with Crippen LogP contribution in [0.5, 0.6) is 5.75 Å². The number of ether oxygens (including phenoxy) is 1. The molecule has 0 saturated carbocycles. The van der Waals surface area contributed by atoms with Gasteiger partial charge in [0.15, 0.2) is 0 Å². The van der Waals surface area contributed by atoms with Gasteiger partial charge in [-0.25, -0.2) is 8.42 Å². The summed E-state index contributed by atoms with van der Waals surface area (Å²) in [7, 11) is 1.52. The lowest BCUT2D eigenvalue weighted by atomic mass is 10.3. The van der Waals surface area contributed by atoms with Crippen LogP contribution in [0.2, 0.25) is 0 Å². The average Bonchev–Trinajstić information content (AvgIpc) is 2.37. The summed E-state index contributed by atoms with van der Waals surface area (Å²) < 4.78 is 27.8. The number of pyridine rings is 1. The highest BCUT2D eigenvalue weighted by molar-refractivity contribution is 8.13. The first-order valence-electron chi connectivity index (χ1n) is 5.13. The Balaban J connectivity index is 2.11. The highest BCUT2D eigenvalue weighted by Gasteiger charge is 2.10. The van der Waals surface area contributed by atoms with Crippen molar-refractivity contribution in [2.75, 3.05) is 0 Å². The monoisotopic (exact) mass is 283 g/mol. The summed E-state index contributed by atoms with van der Waals surface area (Å²) in [5.41, 5.74) is 0.761. The van der Waals surface area contributed by atoms with E-state index in [1.807, 2.05) is 18.2 Å². The van der Waals surface area contributed by atoms with Gasteiger partial charge in [0.2, 0.25) is 0 Å². The molecule has 0 spiro atoms. The number of aromatic nitrogens is 1. The molecule has 0 atom stereocenters. The van der Waals surface area contributed by atoms with Crippen LogP contribution in [0.3, 0.4) is 0 Å². The topological polar surface area (TPSA) is 56.3 Å². The van der Waals surface area contributed by atoms with Crippen molar-refractivity contribution < 1.29 is 13.2 Å². The van der Waals surface area contributed by atoms with Gasteiger partial charge in [-0.2, -0.15) is 0 Å². The molecule has 2 aromatic rings. The zero-order valence-electron chi connectivity index (χ0n) is 9.28. The predicted molar refractivity (Wildman–Crippen MR) is 68.0 cm³/mol. The molecule has 1 aromatic carbocycles. The van der Waals surface area contributed by atoms with Gasteiger partial charge in [-0.1, -0.05) is 12.1 Å². The van der Waals surface area contributed by atoms with Crippen molar-refractivity contribution in [3.63, 3.8) is 0 Å². The van der Waals surface area contributed by atoms with Crippen LogP contribution in [0, 0.1) is 0 Å². The van der Waals surface area contributed by atoms with Gasteiger partial charge in [-0.3, -0.25) is 4.98 Å². The van der Waals surface area contributed by atoms with E-state index in [9.17, 15) is 8.42 Å². The molecular weight excluding hydrogens is 274 g/mol. The lowest BCUT2D eigenvalue weighted by Crippen LogP contribution is -1.98. The summed E-state index contributed by atoms with van der Waals surface area (Å²) in [4.78, 5) is 4.11. The lowest BCUT2D eigenvalue weighted by molar-refractivity contribution is 0.300. The first-order chi connectivity index (χ1) is 8.55. The van der Waals surface area contributed by atoms with Crippen LogP contribution in [0.4, 0.5) is 0 Å². The summed E-state index contributed by atoms with van der Waals surface area (Å²) >= 11 is 0. The van der Waals surface area contributed by atoms with Gasteiger partial charge in [0, 0.05) is 22.9 Å². The van der Waals surface area contributed by atoms with Crippen molar-refractivity contribution in [3.05, 3.63) is 54.4 Å². The summed E-state index contributed by atoms with van der Waals surface area (Å²) in [6.45, 7) is 0.270. The van der Waals surface area contributed by atoms with Crippen LogP contribution < -0.4 is 4.74 Å². The Morgan fingerprint density at radius 1 is 1.17 bits per heavy atom. The van der Waals surface area contributed by atoms with Gasteiger partial charge in [-0.15, -0.1) is 0 Å². The Morgan fingerprint density at radius 3 is 2.67 bits per heavy atom. The van der Waals surface area contributed by atoms with Crippen molar-refractivity contribution in [1.29, 1.82) is 0 Å². The van der Waals surface area contributed by atoms with Crippen molar-refractivity contribution in [1.82, 2.24) is 4.98 Å². The highest BCUT2D eigenvalue weighted by Crippen LogP contribution is 2.21. The Labute approximate surface area is 110 Å². The fraction of sp³-hybridized carbons (Fsp3) is 0.0833. The molecule has 0 amide bonds. The molecule has 6 heteroatoms. The summed E-state index contributed by atoms with van der Waals surface area (Å²) in [5.74, 6) is 0.433. The Hall–Kier alpha value is -1.59. The molecule has 0 aliphatic rings. The minimum absolute atomic E-state index is 0.0164. The number of rotatable bonds is 4. The number of benzene rings is 1. The summed E-state index contributed by atoms with van der Waals surface area (Å²) in [6.07, 6.45) is 1.67. The maximum absolute atomic E-state index is 11.2. The van der Waals surface area contributed by atoms with E-state index in [0.717, 1.165) is 5.69 Å². The van der Waals surface area contributed by atoms with Crippen LogP contribution >= 0.6 is 10.7 Å². The SMILES string of the molecule is O=S(=O)(Cl)c1cccc(OCc2ccccn2)c1. The first kappa shape index (κ1) is 12.9. The zero-order chi connectivity index (χ0) is 13.0. The molecule has 4 nitrogen and oxygen atoms in total. The van der Waals surface area contributed by atoms with E-state index in [4.69, 9.17) is 15.4 Å². The van der Waals surface area contributed by atoms with E-state index in [0.29, 0.717) is 5.75 Å². The Morgan fingerprint density at radius 2 is 2.00 bits per heavy atom. The number of halogens is 1. The van der Waals surface area contributed by atoms with Crippen molar-refractivity contribution >= 4 is 19.7 Å². The van der Waals surface area contributed by atoms with E-state index in [-0.39, 0.29) is 11.5 Å². The minimum atomic E-state index is -3.73. The number of nitrogens with zero attached hydrogens (tertiary/aromatic N) is 1. The van der Waals surface area contributed by atoms with Gasteiger partial charge < -0.3 is 4.74 Å². The van der Waals surface area contributed by atoms with E-state index >= 15 is 0 Å². The molecule has 0 radical (unpaired) electrons. The molecule has 0 bridgehead atoms. The second-order valence-corrected chi connectivity index (χ2v) is 6.09. The Bertz CT molecular complexity index is 629. The third-order valence-electron chi connectivity index (χ3n) is 2.20. The minimum Gasteiger partial charge on any atom is -0.487 e. The third kappa shape index (κ3) is 3.45. The highest BCUT2D eigenvalue weighted by atomic mass is 35.7. The molecule has 0 aliphatic carbocycles. The predicted octanol–water partition coefficient (Wildman–Crippen LogP) is 2.59. The van der Waals surface area contributed by atoms with Crippen LogP contribution in [0.25, 0.3) is 0 Å². The molecule has 0 saturated heterocycles. The van der Waals surface area contributed by atoms with Crippen LogP contribution in [-0.2, 0) is 15.7 Å². The average molecular weight is 284 g/mol. The van der Waals surface area contributed by atoms with Gasteiger partial charge >= 0.3 is 0 Å². The fourth-order valence-corrected chi connectivity index (χ4v) is 2.14. The van der Waals surface area contributed by atoms with Crippen molar-refractivity contribution in [3.8, 4) is 5.75 Å². The molecule has 94 valence electrons. The summed E-state index contributed by atoms with van der Waals surface area (Å²) in [6, 6.07) is 11.5. The molecule has 0 unspecified atom stereocenters. The summed E-state index contributed by atoms with van der Waals surface area (Å²) in [5, 5.41) is 0. The van der Waals surface area contributed by atoms with Crippen LogP contribution in [0.15, 0.2) is 53.6 Å². The first-order valence-corrected chi connectivity index (χ1v) is 7.44. The maximum Gasteiger partial charge on any atom is 0.261 e. The molecule has 18 heavy (non-hydrogen) atoms. The number of hydrogen-bond acceptors (Lipinski definition) is 4. The molecule has 1 aromatic heterocycles. The second-order valence-electron chi connectivity index (χ2n) is 3.52. The third-order valence-corrected chi connectivity index (χ3v) is 3.55. The van der Waals surface area contributed by atoms with Crippen molar-refractivity contribution in [2.24, 2.45) is 0 Å². The Kier molecular flexibility index (Phi) is 3.84. The lowest BCUT2D eigenvalue weighted by Gasteiger charge is -2.06. The van der Waals surface area contributed by atoms with Gasteiger partial charge in [-0.05, 0) is 24.3 Å².